The van der Waals surface area contributed by atoms with Crippen LogP contribution in [-0.2, 0) is 19.2 Å². The minimum absolute atomic E-state index is 0.0368. The molecule has 4 aromatic carbocycles. The lowest BCUT2D eigenvalue weighted by atomic mass is 9.55. The van der Waals surface area contributed by atoms with E-state index in [1.165, 1.54) is 4.90 Å². The van der Waals surface area contributed by atoms with E-state index in [2.05, 4.69) is 24.3 Å². The molecule has 0 aromatic heterocycles. The van der Waals surface area contributed by atoms with Crippen LogP contribution in [0.2, 0.25) is 5.02 Å². The van der Waals surface area contributed by atoms with Crippen LogP contribution in [-0.4, -0.2) is 30.2 Å². The van der Waals surface area contributed by atoms with Crippen molar-refractivity contribution in [1.29, 1.82) is 0 Å². The molecule has 4 aromatic rings. The molecule has 2 fully saturated rings. The SMILES string of the molecule is Cc1cc(OC(=O)[C@H]2CC(=O)N(c3cccc(Cl)c3)C2)ccc1N1C(=O)[C@@H]2C3c4ccccc4C(c4ccccc43)[C@@H]2C1=O. The van der Waals surface area contributed by atoms with Crippen molar-refractivity contribution in [1.82, 2.24) is 0 Å². The number of aryl methyl sites for hydroxylation is 1. The van der Waals surface area contributed by atoms with E-state index in [1.807, 2.05) is 24.3 Å². The second-order valence-electron chi connectivity index (χ2n) is 12.0. The van der Waals surface area contributed by atoms with Crippen LogP contribution in [0.3, 0.4) is 0 Å². The Kier molecular flexibility index (Phi) is 6.04. The molecule has 2 aliphatic heterocycles. The van der Waals surface area contributed by atoms with E-state index in [9.17, 15) is 19.2 Å². The fraction of sp³-hybridized carbons (Fsp3) is 0.222. The first-order chi connectivity index (χ1) is 21.3. The van der Waals surface area contributed by atoms with E-state index in [0.29, 0.717) is 27.7 Å². The van der Waals surface area contributed by atoms with E-state index in [-0.39, 0.29) is 42.5 Å². The van der Waals surface area contributed by atoms with Crippen molar-refractivity contribution in [3.63, 3.8) is 0 Å². The van der Waals surface area contributed by atoms with Crippen molar-refractivity contribution >= 4 is 46.7 Å². The Bertz CT molecular complexity index is 1800. The van der Waals surface area contributed by atoms with Crippen LogP contribution in [0.1, 0.15) is 46.1 Å². The average Bonchev–Trinajstić information content (AvgIpc) is 3.54. The molecule has 44 heavy (non-hydrogen) atoms. The van der Waals surface area contributed by atoms with Gasteiger partial charge in [0.1, 0.15) is 5.75 Å². The largest absolute Gasteiger partial charge is 0.426 e. The number of nitrogens with zero attached hydrogens (tertiary/aromatic N) is 2. The number of hydrogen-bond acceptors (Lipinski definition) is 5. The van der Waals surface area contributed by atoms with Gasteiger partial charge in [-0.15, -0.1) is 0 Å². The van der Waals surface area contributed by atoms with Gasteiger partial charge >= 0.3 is 5.97 Å². The van der Waals surface area contributed by atoms with Gasteiger partial charge in [0.25, 0.3) is 0 Å². The molecular formula is C36H27ClN2O5. The van der Waals surface area contributed by atoms with Gasteiger partial charge in [0.05, 0.1) is 23.4 Å². The molecular weight excluding hydrogens is 576 g/mol. The van der Waals surface area contributed by atoms with Crippen LogP contribution in [0.15, 0.2) is 91.0 Å². The summed E-state index contributed by atoms with van der Waals surface area (Å²) in [5.74, 6) is -2.73. The van der Waals surface area contributed by atoms with Crippen LogP contribution in [0.5, 0.6) is 5.75 Å². The summed E-state index contributed by atoms with van der Waals surface area (Å²) in [4.78, 5) is 56.9. The molecule has 3 atom stereocenters. The lowest BCUT2D eigenvalue weighted by Gasteiger charge is -2.45. The van der Waals surface area contributed by atoms with Crippen molar-refractivity contribution in [2.75, 3.05) is 16.3 Å². The zero-order valence-corrected chi connectivity index (χ0v) is 24.5. The van der Waals surface area contributed by atoms with Crippen molar-refractivity contribution in [2.24, 2.45) is 17.8 Å². The van der Waals surface area contributed by atoms with E-state index in [0.717, 1.165) is 22.3 Å². The van der Waals surface area contributed by atoms with Crippen LogP contribution in [0, 0.1) is 24.7 Å². The molecule has 2 heterocycles. The van der Waals surface area contributed by atoms with Gasteiger partial charge in [-0.1, -0.05) is 66.2 Å². The average molecular weight is 603 g/mol. The lowest BCUT2D eigenvalue weighted by molar-refractivity contribution is -0.139. The Morgan fingerprint density at radius 2 is 1.36 bits per heavy atom. The van der Waals surface area contributed by atoms with Gasteiger partial charge in [0.2, 0.25) is 17.7 Å². The summed E-state index contributed by atoms with van der Waals surface area (Å²) in [6.45, 7) is 2.00. The number of carbonyl (C=O) groups excluding carboxylic acids is 4. The van der Waals surface area contributed by atoms with E-state index < -0.39 is 23.7 Å². The van der Waals surface area contributed by atoms with E-state index >= 15 is 0 Å². The smallest absolute Gasteiger partial charge is 0.316 e. The van der Waals surface area contributed by atoms with Crippen LogP contribution in [0.4, 0.5) is 11.4 Å². The molecule has 0 radical (unpaired) electrons. The maximum Gasteiger partial charge on any atom is 0.316 e. The Hall–Kier alpha value is -4.75. The van der Waals surface area contributed by atoms with Crippen molar-refractivity contribution in [2.45, 2.75) is 25.2 Å². The summed E-state index contributed by atoms with van der Waals surface area (Å²) in [5, 5.41) is 0.507. The predicted octanol–water partition coefficient (Wildman–Crippen LogP) is 6.00. The summed E-state index contributed by atoms with van der Waals surface area (Å²) >= 11 is 6.09. The number of rotatable bonds is 4. The number of ether oxygens (including phenoxy) is 1. The summed E-state index contributed by atoms with van der Waals surface area (Å²) in [5.41, 5.74) is 6.26. The molecule has 8 heteroatoms. The first-order valence-corrected chi connectivity index (χ1v) is 15.1. The molecule has 3 amide bonds. The fourth-order valence-corrected chi connectivity index (χ4v) is 8.00. The second kappa shape index (κ2) is 9.89. The number of halogens is 1. The monoisotopic (exact) mass is 602 g/mol. The van der Waals surface area contributed by atoms with Gasteiger partial charge in [0.15, 0.2) is 0 Å². The third-order valence-corrected chi connectivity index (χ3v) is 9.89. The molecule has 5 aliphatic rings. The highest BCUT2D eigenvalue weighted by Gasteiger charge is 2.61. The second-order valence-corrected chi connectivity index (χ2v) is 12.5. The van der Waals surface area contributed by atoms with Gasteiger partial charge in [0, 0.05) is 35.5 Å². The van der Waals surface area contributed by atoms with E-state index in [4.69, 9.17) is 16.3 Å². The standard InChI is InChI=1S/C36H27ClN2O5/c1-19-15-23(44-36(43)20-16-29(40)38(18-20)22-8-6-7-21(37)17-22)13-14-28(19)39-34(41)32-30-24-9-2-3-10-25(24)31(33(32)35(39)42)27-12-5-4-11-26(27)30/h2-15,17,20,30-33H,16,18H2,1H3/t20-,30?,31?,32-,33+/m0/s1. The van der Waals surface area contributed by atoms with Crippen molar-refractivity contribution in [3.05, 3.63) is 124 Å². The van der Waals surface area contributed by atoms with Crippen molar-refractivity contribution < 1.29 is 23.9 Å². The molecule has 0 spiro atoms. The summed E-state index contributed by atoms with van der Waals surface area (Å²) in [7, 11) is 0. The number of carbonyl (C=O) groups is 4. The molecule has 0 N–H and O–H groups in total. The molecule has 0 unspecified atom stereocenters. The highest BCUT2D eigenvalue weighted by molar-refractivity contribution is 6.31. The zero-order chi connectivity index (χ0) is 30.3. The first-order valence-electron chi connectivity index (χ1n) is 14.8. The summed E-state index contributed by atoms with van der Waals surface area (Å²) < 4.78 is 5.70. The minimum atomic E-state index is -0.634. The highest BCUT2D eigenvalue weighted by Crippen LogP contribution is 2.61. The lowest BCUT2D eigenvalue weighted by Crippen LogP contribution is -2.41. The minimum Gasteiger partial charge on any atom is -0.426 e. The van der Waals surface area contributed by atoms with Gasteiger partial charge in [-0.05, 0) is 71.1 Å². The molecule has 7 nitrogen and oxygen atoms in total. The normalized spacial score (nSPS) is 24.8. The third-order valence-electron chi connectivity index (χ3n) is 9.65. The molecule has 218 valence electrons. The molecule has 3 aliphatic carbocycles. The quantitative estimate of drug-likeness (QED) is 0.162. The van der Waals surface area contributed by atoms with Crippen molar-refractivity contribution in [3.8, 4) is 5.75 Å². The third kappa shape index (κ3) is 3.88. The van der Waals surface area contributed by atoms with E-state index in [1.54, 1.807) is 54.3 Å². The topological polar surface area (TPSA) is 84.0 Å². The van der Waals surface area contributed by atoms with Crippen LogP contribution >= 0.6 is 11.6 Å². The summed E-state index contributed by atoms with van der Waals surface area (Å²) in [6, 6.07) is 28.2. The Morgan fingerprint density at radius 3 is 1.91 bits per heavy atom. The maximum absolute atomic E-state index is 14.1. The predicted molar refractivity (Wildman–Crippen MR) is 165 cm³/mol. The number of benzene rings is 4. The maximum atomic E-state index is 14.1. The van der Waals surface area contributed by atoms with Gasteiger partial charge in [-0.25, -0.2) is 4.90 Å². The number of imide groups is 1. The molecule has 2 bridgehead atoms. The molecule has 2 saturated heterocycles. The zero-order valence-electron chi connectivity index (χ0n) is 23.8. The van der Waals surface area contributed by atoms with Crippen LogP contribution < -0.4 is 14.5 Å². The highest BCUT2D eigenvalue weighted by atomic mass is 35.5. The first kappa shape index (κ1) is 26.8. The Morgan fingerprint density at radius 1 is 0.773 bits per heavy atom. The summed E-state index contributed by atoms with van der Waals surface area (Å²) in [6.07, 6.45) is 0.0368. The van der Waals surface area contributed by atoms with Gasteiger partial charge in [-0.2, -0.15) is 0 Å². The molecule has 0 saturated carbocycles. The van der Waals surface area contributed by atoms with Gasteiger partial charge in [-0.3, -0.25) is 19.2 Å². The van der Waals surface area contributed by atoms with Crippen LogP contribution in [0.25, 0.3) is 0 Å². The molecule has 9 rings (SSSR count). The number of esters is 1. The van der Waals surface area contributed by atoms with Gasteiger partial charge < -0.3 is 9.64 Å². The Labute approximate surface area is 259 Å². The number of anilines is 2. The Balaban J connectivity index is 1.05. The number of amides is 3. The number of hydrogen-bond donors (Lipinski definition) is 0. The fourth-order valence-electron chi connectivity index (χ4n) is 7.82.